The largest absolute Gasteiger partial charge is 0.369 e. The zero-order chi connectivity index (χ0) is 10.5. The van der Waals surface area contributed by atoms with Crippen molar-refractivity contribution in [2.45, 2.75) is 12.5 Å². The number of benzene rings is 1. The minimum absolute atomic E-state index is 0.542. The molecule has 1 heterocycles. The van der Waals surface area contributed by atoms with Crippen LogP contribution < -0.4 is 10.2 Å². The second-order valence-corrected chi connectivity index (χ2v) is 3.88. The Bertz CT molecular complexity index is 308. The van der Waals surface area contributed by atoms with Crippen molar-refractivity contribution in [1.82, 2.24) is 5.32 Å². The van der Waals surface area contributed by atoms with Crippen LogP contribution in [0.3, 0.4) is 0 Å². The SMILES string of the molecule is C=CCC1CN(c2cc[c]cc2)CCN1. The van der Waals surface area contributed by atoms with Gasteiger partial charge in [-0.25, -0.2) is 0 Å². The summed E-state index contributed by atoms with van der Waals surface area (Å²) in [6.45, 7) is 6.99. The van der Waals surface area contributed by atoms with Gasteiger partial charge in [0.15, 0.2) is 0 Å². The highest BCUT2D eigenvalue weighted by molar-refractivity contribution is 5.46. The van der Waals surface area contributed by atoms with E-state index in [0.717, 1.165) is 26.1 Å². The molecule has 1 radical (unpaired) electrons. The van der Waals surface area contributed by atoms with Gasteiger partial charge in [0.2, 0.25) is 0 Å². The summed E-state index contributed by atoms with van der Waals surface area (Å²) in [7, 11) is 0. The summed E-state index contributed by atoms with van der Waals surface area (Å²) in [5.41, 5.74) is 1.30. The molecule has 2 heteroatoms. The summed E-state index contributed by atoms with van der Waals surface area (Å²) >= 11 is 0. The summed E-state index contributed by atoms with van der Waals surface area (Å²) in [5, 5.41) is 3.50. The van der Waals surface area contributed by atoms with Crippen molar-refractivity contribution in [3.8, 4) is 0 Å². The van der Waals surface area contributed by atoms with Gasteiger partial charge in [-0.05, 0) is 24.6 Å². The van der Waals surface area contributed by atoms with Gasteiger partial charge in [-0.1, -0.05) is 18.2 Å². The Balaban J connectivity index is 2.01. The molecule has 1 aromatic carbocycles. The van der Waals surface area contributed by atoms with Crippen molar-refractivity contribution < 1.29 is 0 Å². The third kappa shape index (κ3) is 2.60. The highest BCUT2D eigenvalue weighted by Crippen LogP contribution is 2.15. The fourth-order valence-corrected chi connectivity index (χ4v) is 2.01. The van der Waals surface area contributed by atoms with Crippen LogP contribution in [0.15, 0.2) is 36.9 Å². The van der Waals surface area contributed by atoms with Crippen molar-refractivity contribution in [3.63, 3.8) is 0 Å². The van der Waals surface area contributed by atoms with Gasteiger partial charge in [0, 0.05) is 31.4 Å². The number of hydrogen-bond acceptors (Lipinski definition) is 2. The lowest BCUT2D eigenvalue weighted by molar-refractivity contribution is 0.460. The molecule has 0 saturated carbocycles. The Morgan fingerprint density at radius 3 is 3.07 bits per heavy atom. The molecule has 1 aliphatic heterocycles. The van der Waals surface area contributed by atoms with E-state index in [9.17, 15) is 0 Å². The van der Waals surface area contributed by atoms with E-state index in [0.29, 0.717) is 6.04 Å². The van der Waals surface area contributed by atoms with Crippen LogP contribution in [0, 0.1) is 6.07 Å². The van der Waals surface area contributed by atoms with E-state index >= 15 is 0 Å². The quantitative estimate of drug-likeness (QED) is 0.751. The van der Waals surface area contributed by atoms with Crippen LogP contribution in [0.25, 0.3) is 0 Å². The maximum absolute atomic E-state index is 3.79. The Kier molecular flexibility index (Phi) is 3.41. The third-order valence-corrected chi connectivity index (χ3v) is 2.77. The molecule has 1 saturated heterocycles. The van der Waals surface area contributed by atoms with Crippen molar-refractivity contribution in [3.05, 3.63) is 43.0 Å². The number of piperazine rings is 1. The Morgan fingerprint density at radius 2 is 2.33 bits per heavy atom. The summed E-state index contributed by atoms with van der Waals surface area (Å²) in [5.74, 6) is 0. The monoisotopic (exact) mass is 201 g/mol. The number of rotatable bonds is 3. The fraction of sp³-hybridized carbons (Fsp3) is 0.385. The predicted molar refractivity (Wildman–Crippen MR) is 64.1 cm³/mol. The van der Waals surface area contributed by atoms with Crippen molar-refractivity contribution in [1.29, 1.82) is 0 Å². The summed E-state index contributed by atoms with van der Waals surface area (Å²) < 4.78 is 0. The maximum atomic E-state index is 3.79. The van der Waals surface area contributed by atoms with Crippen LogP contribution in [0.1, 0.15) is 6.42 Å². The summed E-state index contributed by atoms with van der Waals surface area (Å²) in [6.07, 6.45) is 3.02. The van der Waals surface area contributed by atoms with Crippen LogP contribution in [0.4, 0.5) is 5.69 Å². The van der Waals surface area contributed by atoms with Gasteiger partial charge in [-0.2, -0.15) is 0 Å². The minimum Gasteiger partial charge on any atom is -0.369 e. The number of anilines is 1. The molecule has 0 aliphatic carbocycles. The van der Waals surface area contributed by atoms with E-state index in [-0.39, 0.29) is 0 Å². The molecule has 1 aromatic rings. The first-order chi connectivity index (χ1) is 7.40. The molecule has 1 atom stereocenters. The first kappa shape index (κ1) is 10.2. The van der Waals surface area contributed by atoms with E-state index in [1.54, 1.807) is 0 Å². The second kappa shape index (κ2) is 4.99. The first-order valence-electron chi connectivity index (χ1n) is 5.45. The molecule has 2 rings (SSSR count). The minimum atomic E-state index is 0.542. The lowest BCUT2D eigenvalue weighted by Gasteiger charge is -2.34. The van der Waals surface area contributed by atoms with Gasteiger partial charge >= 0.3 is 0 Å². The normalized spacial score (nSPS) is 21.3. The van der Waals surface area contributed by atoms with Gasteiger partial charge in [-0.15, -0.1) is 6.58 Å². The molecule has 0 spiro atoms. The molecule has 0 amide bonds. The van der Waals surface area contributed by atoms with E-state index < -0.39 is 0 Å². The highest BCUT2D eigenvalue weighted by Gasteiger charge is 2.17. The molecule has 79 valence electrons. The van der Waals surface area contributed by atoms with Gasteiger partial charge in [0.05, 0.1) is 0 Å². The summed E-state index contributed by atoms with van der Waals surface area (Å²) in [4.78, 5) is 2.42. The van der Waals surface area contributed by atoms with Gasteiger partial charge < -0.3 is 10.2 Å². The average molecular weight is 201 g/mol. The Hall–Kier alpha value is -1.28. The molecule has 1 unspecified atom stereocenters. The topological polar surface area (TPSA) is 15.3 Å². The number of nitrogens with zero attached hydrogens (tertiary/aromatic N) is 1. The molecule has 1 fully saturated rings. The Labute approximate surface area is 91.6 Å². The van der Waals surface area contributed by atoms with Crippen LogP contribution >= 0.6 is 0 Å². The van der Waals surface area contributed by atoms with Gasteiger partial charge in [-0.3, -0.25) is 0 Å². The number of nitrogens with one attached hydrogen (secondary N) is 1. The van der Waals surface area contributed by atoms with E-state index in [4.69, 9.17) is 0 Å². The van der Waals surface area contributed by atoms with Crippen LogP contribution in [-0.2, 0) is 0 Å². The zero-order valence-corrected chi connectivity index (χ0v) is 8.95. The fourth-order valence-electron chi connectivity index (χ4n) is 2.01. The molecular formula is C13H17N2. The van der Waals surface area contributed by atoms with Crippen LogP contribution in [0.2, 0.25) is 0 Å². The molecule has 15 heavy (non-hydrogen) atoms. The lowest BCUT2D eigenvalue weighted by Crippen LogP contribution is -2.50. The molecule has 0 bridgehead atoms. The molecule has 1 N–H and O–H groups in total. The molecule has 1 aliphatic rings. The van der Waals surface area contributed by atoms with Crippen LogP contribution in [-0.4, -0.2) is 25.7 Å². The molecule has 0 aromatic heterocycles. The van der Waals surface area contributed by atoms with E-state index in [1.807, 2.05) is 18.2 Å². The predicted octanol–water partition coefficient (Wildman–Crippen LogP) is 1.84. The summed E-state index contributed by atoms with van der Waals surface area (Å²) in [6, 6.07) is 11.8. The van der Waals surface area contributed by atoms with E-state index in [2.05, 4.69) is 35.0 Å². The smallest absolute Gasteiger partial charge is 0.0367 e. The van der Waals surface area contributed by atoms with Gasteiger partial charge in [0.1, 0.15) is 0 Å². The average Bonchev–Trinajstić information content (AvgIpc) is 2.31. The Morgan fingerprint density at radius 1 is 1.53 bits per heavy atom. The lowest BCUT2D eigenvalue weighted by atomic mass is 10.1. The van der Waals surface area contributed by atoms with Crippen molar-refractivity contribution in [2.75, 3.05) is 24.5 Å². The van der Waals surface area contributed by atoms with Crippen LogP contribution in [0.5, 0.6) is 0 Å². The maximum Gasteiger partial charge on any atom is 0.0367 e. The first-order valence-corrected chi connectivity index (χ1v) is 5.45. The van der Waals surface area contributed by atoms with Crippen molar-refractivity contribution in [2.24, 2.45) is 0 Å². The highest BCUT2D eigenvalue weighted by atomic mass is 15.2. The van der Waals surface area contributed by atoms with Crippen molar-refractivity contribution >= 4 is 5.69 Å². The second-order valence-electron chi connectivity index (χ2n) is 3.88. The molecule has 2 nitrogen and oxygen atoms in total. The zero-order valence-electron chi connectivity index (χ0n) is 8.95. The molecular weight excluding hydrogens is 184 g/mol. The number of hydrogen-bond donors (Lipinski definition) is 1. The van der Waals surface area contributed by atoms with E-state index in [1.165, 1.54) is 5.69 Å². The third-order valence-electron chi connectivity index (χ3n) is 2.77. The standard InChI is InChI=1S/C13H17N2/c1-2-6-12-11-15(10-9-14-12)13-7-4-3-5-8-13/h2,4-5,7-8,12,14H,1,6,9-11H2. The van der Waals surface area contributed by atoms with Gasteiger partial charge in [0.25, 0.3) is 0 Å².